The third-order valence-electron chi connectivity index (χ3n) is 4.49. The summed E-state index contributed by atoms with van der Waals surface area (Å²) in [6, 6.07) is 10.3. The molecule has 0 bridgehead atoms. The van der Waals surface area contributed by atoms with E-state index in [-0.39, 0.29) is 17.5 Å². The molecule has 0 atom stereocenters. The van der Waals surface area contributed by atoms with Crippen LogP contribution in [0.3, 0.4) is 0 Å². The fourth-order valence-corrected chi connectivity index (χ4v) is 3.23. The smallest absolute Gasteiger partial charge is 0.475 e. The lowest BCUT2D eigenvalue weighted by Gasteiger charge is -2.11. The summed E-state index contributed by atoms with van der Waals surface area (Å²) in [5.41, 5.74) is 14.4. The Morgan fingerprint density at radius 1 is 1.16 bits per heavy atom. The highest BCUT2D eigenvalue weighted by Gasteiger charge is 2.38. The molecule has 2 aromatic heterocycles. The van der Waals surface area contributed by atoms with Gasteiger partial charge in [0, 0.05) is 30.3 Å². The molecule has 0 aliphatic rings. The Morgan fingerprint density at radius 2 is 1.78 bits per heavy atom. The Balaban J connectivity index is 0.000000360. The molecule has 2 heterocycles. The van der Waals surface area contributed by atoms with Crippen LogP contribution in [-0.2, 0) is 11.8 Å². The van der Waals surface area contributed by atoms with Gasteiger partial charge in [-0.25, -0.2) is 9.78 Å². The topological polar surface area (TPSA) is 163 Å². The maximum Gasteiger partial charge on any atom is 0.490 e. The number of aromatic nitrogens is 3. The van der Waals surface area contributed by atoms with Crippen LogP contribution in [0, 0.1) is 10.1 Å². The molecule has 166 valence electrons. The van der Waals surface area contributed by atoms with Crippen molar-refractivity contribution in [3.63, 3.8) is 0 Å². The van der Waals surface area contributed by atoms with Crippen molar-refractivity contribution in [3.8, 4) is 11.1 Å². The van der Waals surface area contributed by atoms with E-state index in [2.05, 4.69) is 9.97 Å². The highest BCUT2D eigenvalue weighted by Crippen LogP contribution is 2.39. The van der Waals surface area contributed by atoms with Gasteiger partial charge in [0.15, 0.2) is 0 Å². The van der Waals surface area contributed by atoms with Crippen molar-refractivity contribution in [2.75, 3.05) is 11.5 Å². The number of nitrogen functional groups attached to an aromatic ring is 2. The molecule has 4 aromatic rings. The third kappa shape index (κ3) is 4.08. The molecule has 0 saturated heterocycles. The average Bonchev–Trinajstić information content (AvgIpc) is 3.08. The fourth-order valence-electron chi connectivity index (χ4n) is 3.23. The molecular formula is C19H15F3N6O4. The minimum Gasteiger partial charge on any atom is -0.475 e. The maximum absolute atomic E-state index is 11.5. The van der Waals surface area contributed by atoms with Crippen LogP contribution in [0.2, 0.25) is 0 Å². The van der Waals surface area contributed by atoms with Gasteiger partial charge in [-0.15, -0.1) is 0 Å². The van der Waals surface area contributed by atoms with Crippen LogP contribution < -0.4 is 11.5 Å². The third-order valence-corrected chi connectivity index (χ3v) is 4.49. The first-order chi connectivity index (χ1) is 14.9. The van der Waals surface area contributed by atoms with E-state index in [4.69, 9.17) is 21.4 Å². The Kier molecular flexibility index (Phi) is 5.58. The van der Waals surface area contributed by atoms with Crippen LogP contribution in [0.5, 0.6) is 0 Å². The number of nitrogens with two attached hydrogens (primary N) is 2. The lowest BCUT2D eigenvalue weighted by Crippen LogP contribution is -2.21. The van der Waals surface area contributed by atoms with Crippen LogP contribution in [0.4, 0.5) is 30.6 Å². The summed E-state index contributed by atoms with van der Waals surface area (Å²) in [6.45, 7) is 0. The summed E-state index contributed by atoms with van der Waals surface area (Å²) >= 11 is 0. The number of carboxylic acid groups (broad SMARTS) is 1. The molecule has 0 unspecified atom stereocenters. The summed E-state index contributed by atoms with van der Waals surface area (Å²) < 4.78 is 33.6. The van der Waals surface area contributed by atoms with E-state index in [1.165, 1.54) is 6.07 Å². The number of nitrogens with zero attached hydrogens (tertiary/aromatic N) is 4. The molecule has 13 heteroatoms. The second-order valence-corrected chi connectivity index (χ2v) is 6.55. The van der Waals surface area contributed by atoms with E-state index in [1.54, 1.807) is 24.3 Å². The first-order valence-corrected chi connectivity index (χ1v) is 8.76. The summed E-state index contributed by atoms with van der Waals surface area (Å²) in [7, 11) is 1.88. The number of fused-ring (bicyclic) bond motifs is 3. The van der Waals surface area contributed by atoms with E-state index in [0.717, 1.165) is 10.9 Å². The van der Waals surface area contributed by atoms with Gasteiger partial charge in [-0.2, -0.15) is 18.2 Å². The molecule has 0 spiro atoms. The molecular weight excluding hydrogens is 433 g/mol. The van der Waals surface area contributed by atoms with Crippen molar-refractivity contribution in [2.24, 2.45) is 7.05 Å². The van der Waals surface area contributed by atoms with E-state index in [9.17, 15) is 23.3 Å². The first-order valence-electron chi connectivity index (χ1n) is 8.76. The van der Waals surface area contributed by atoms with Crippen LogP contribution in [0.15, 0.2) is 42.6 Å². The highest BCUT2D eigenvalue weighted by atomic mass is 19.4. The predicted molar refractivity (Wildman–Crippen MR) is 111 cm³/mol. The lowest BCUT2D eigenvalue weighted by molar-refractivity contribution is -0.384. The number of aliphatic carboxylic acids is 1. The van der Waals surface area contributed by atoms with Crippen molar-refractivity contribution in [3.05, 3.63) is 52.7 Å². The average molecular weight is 448 g/mol. The van der Waals surface area contributed by atoms with Gasteiger partial charge >= 0.3 is 12.1 Å². The number of para-hydroxylation sites is 1. The molecule has 5 N–H and O–H groups in total. The van der Waals surface area contributed by atoms with Crippen molar-refractivity contribution in [1.82, 2.24) is 14.5 Å². The largest absolute Gasteiger partial charge is 0.490 e. The van der Waals surface area contributed by atoms with Crippen molar-refractivity contribution < 1.29 is 28.0 Å². The van der Waals surface area contributed by atoms with Gasteiger partial charge in [-0.3, -0.25) is 10.1 Å². The Morgan fingerprint density at radius 3 is 2.38 bits per heavy atom. The number of alkyl halides is 3. The summed E-state index contributed by atoms with van der Waals surface area (Å²) in [4.78, 5) is 28.3. The molecule has 32 heavy (non-hydrogen) atoms. The molecule has 0 radical (unpaired) electrons. The number of halogens is 3. The van der Waals surface area contributed by atoms with Crippen LogP contribution in [-0.4, -0.2) is 36.7 Å². The van der Waals surface area contributed by atoms with Gasteiger partial charge in [0.1, 0.15) is 5.82 Å². The minimum atomic E-state index is -5.08. The summed E-state index contributed by atoms with van der Waals surface area (Å²) in [5.74, 6) is -2.41. The molecule has 0 amide bonds. The van der Waals surface area contributed by atoms with Gasteiger partial charge < -0.3 is 21.1 Å². The lowest BCUT2D eigenvalue weighted by atomic mass is 9.98. The predicted octanol–water partition coefficient (Wildman–Crippen LogP) is 3.49. The Hall–Kier alpha value is -4.42. The second-order valence-electron chi connectivity index (χ2n) is 6.55. The van der Waals surface area contributed by atoms with Crippen LogP contribution in [0.1, 0.15) is 0 Å². The Labute approximate surface area is 177 Å². The van der Waals surface area contributed by atoms with E-state index in [0.29, 0.717) is 22.0 Å². The molecule has 0 aliphatic carbocycles. The van der Waals surface area contributed by atoms with E-state index >= 15 is 0 Å². The summed E-state index contributed by atoms with van der Waals surface area (Å²) in [5, 5.41) is 20.1. The van der Waals surface area contributed by atoms with Gasteiger partial charge in [-0.05, 0) is 18.2 Å². The molecule has 10 nitrogen and oxygen atoms in total. The molecule has 0 saturated carbocycles. The molecule has 0 aliphatic heterocycles. The molecule has 2 aromatic carbocycles. The molecule has 4 rings (SSSR count). The fraction of sp³-hybridized carbons (Fsp3) is 0.105. The zero-order valence-corrected chi connectivity index (χ0v) is 16.3. The van der Waals surface area contributed by atoms with E-state index < -0.39 is 17.1 Å². The van der Waals surface area contributed by atoms with E-state index in [1.807, 2.05) is 23.9 Å². The number of rotatable bonds is 2. The van der Waals surface area contributed by atoms with Gasteiger partial charge in [0.25, 0.3) is 5.69 Å². The summed E-state index contributed by atoms with van der Waals surface area (Å²) in [6.07, 6.45) is -3.21. The SMILES string of the molecule is Cn1ccc2c3c(N)nc(N)nc3cc(-c3ccccc3[N+](=O)[O-])c21.O=C(O)C(F)(F)F. The monoisotopic (exact) mass is 448 g/mol. The zero-order chi connectivity index (χ0) is 23.8. The number of benzene rings is 2. The number of hydrogen-bond donors (Lipinski definition) is 3. The van der Waals surface area contributed by atoms with Gasteiger partial charge in [-0.1, -0.05) is 12.1 Å². The van der Waals surface area contributed by atoms with Crippen LogP contribution in [0.25, 0.3) is 32.9 Å². The second kappa shape index (κ2) is 8.02. The maximum atomic E-state index is 11.5. The number of aryl methyl sites for hydroxylation is 1. The van der Waals surface area contributed by atoms with Gasteiger partial charge in [0.05, 0.1) is 26.9 Å². The molecule has 0 fully saturated rings. The van der Waals surface area contributed by atoms with Crippen molar-refractivity contribution >= 4 is 45.2 Å². The zero-order valence-electron chi connectivity index (χ0n) is 16.3. The minimum absolute atomic E-state index is 0.0272. The highest BCUT2D eigenvalue weighted by molar-refractivity contribution is 6.16. The van der Waals surface area contributed by atoms with Crippen molar-refractivity contribution in [1.29, 1.82) is 0 Å². The number of anilines is 2. The first kappa shape index (κ1) is 22.3. The van der Waals surface area contributed by atoms with Crippen LogP contribution >= 0.6 is 0 Å². The number of hydrogen-bond acceptors (Lipinski definition) is 7. The standard InChI is InChI=1S/C17H14N6O2.C2HF3O2/c1-22-7-6-10-14-12(20-17(19)21-16(14)18)8-11(15(10)22)9-4-2-3-5-13(9)23(24)25;3-2(4,5)1(6)7/h2-8H,1H3,(H4,18,19,20,21);(H,6,7). The Bertz CT molecular complexity index is 1370. The normalized spacial score (nSPS) is 11.2. The number of nitro benzene ring substituents is 1. The quantitative estimate of drug-likeness (QED) is 0.310. The number of nitro groups is 1. The van der Waals surface area contributed by atoms with Crippen molar-refractivity contribution in [2.45, 2.75) is 6.18 Å². The number of carbonyl (C=O) groups is 1. The number of carboxylic acids is 1. The van der Waals surface area contributed by atoms with Gasteiger partial charge in [0.2, 0.25) is 5.95 Å².